The zero-order chi connectivity index (χ0) is 18.8. The maximum Gasteiger partial charge on any atom is 0.265 e. The molecular weight excluding hydrogens is 372 g/mol. The first-order valence-electron chi connectivity index (χ1n) is 7.95. The predicted molar refractivity (Wildman–Crippen MR) is 97.5 cm³/mol. The molecule has 0 atom stereocenters. The van der Waals surface area contributed by atoms with E-state index in [9.17, 15) is 9.59 Å². The number of carbonyl (C=O) groups excluding carboxylic acids is 2. The molecule has 4 rings (SSSR count). The van der Waals surface area contributed by atoms with Gasteiger partial charge in [0, 0.05) is 29.0 Å². The normalized spacial score (nSPS) is 13.1. The molecule has 1 aliphatic rings. The molecule has 0 bridgehead atoms. The topological polar surface area (TPSA) is 113 Å². The number of carbonyl (C=O) groups is 2. The summed E-state index contributed by atoms with van der Waals surface area (Å²) < 4.78 is 5.36. The van der Waals surface area contributed by atoms with Gasteiger partial charge >= 0.3 is 0 Å². The highest BCUT2D eigenvalue weighted by atomic mass is 35.5. The van der Waals surface area contributed by atoms with Gasteiger partial charge in [0.2, 0.25) is 11.9 Å². The summed E-state index contributed by atoms with van der Waals surface area (Å²) in [6.45, 7) is -0.358. The molecule has 0 saturated heterocycles. The van der Waals surface area contributed by atoms with Crippen LogP contribution in [0.3, 0.4) is 0 Å². The minimum Gasteiger partial charge on any atom is -0.482 e. The molecule has 2 amide bonds. The lowest BCUT2D eigenvalue weighted by atomic mass is 10.2. The Hall–Kier alpha value is -3.46. The average Bonchev–Trinajstić information content (AvgIpc) is 3.13. The van der Waals surface area contributed by atoms with Gasteiger partial charge < -0.3 is 4.74 Å². The van der Waals surface area contributed by atoms with Gasteiger partial charge in [-0.25, -0.2) is 0 Å². The van der Waals surface area contributed by atoms with E-state index >= 15 is 0 Å². The van der Waals surface area contributed by atoms with Crippen LogP contribution in [0.15, 0.2) is 42.7 Å². The minimum atomic E-state index is -0.438. The third kappa shape index (κ3) is 3.58. The van der Waals surface area contributed by atoms with Gasteiger partial charge in [-0.15, -0.1) is 5.10 Å². The maximum absolute atomic E-state index is 12.4. The number of H-pyrrole nitrogens is 1. The van der Waals surface area contributed by atoms with Crippen molar-refractivity contribution in [1.29, 1.82) is 0 Å². The van der Waals surface area contributed by atoms with Gasteiger partial charge in [-0.1, -0.05) is 11.6 Å². The van der Waals surface area contributed by atoms with Crippen LogP contribution in [0, 0.1) is 0 Å². The van der Waals surface area contributed by atoms with E-state index in [1.165, 1.54) is 4.90 Å². The Kier molecular flexibility index (Phi) is 4.43. The monoisotopic (exact) mass is 384 g/mol. The average molecular weight is 385 g/mol. The molecule has 0 saturated carbocycles. The summed E-state index contributed by atoms with van der Waals surface area (Å²) in [6, 6.07) is 8.39. The molecule has 0 unspecified atom stereocenters. The summed E-state index contributed by atoms with van der Waals surface area (Å²) in [6.07, 6.45) is 3.26. The summed E-state index contributed by atoms with van der Waals surface area (Å²) in [7, 11) is 0. The molecule has 136 valence electrons. The molecule has 2 N–H and O–H groups in total. The van der Waals surface area contributed by atoms with Gasteiger partial charge in [-0.3, -0.25) is 29.9 Å². The van der Waals surface area contributed by atoms with E-state index in [0.717, 1.165) is 5.56 Å². The van der Waals surface area contributed by atoms with Crippen molar-refractivity contribution < 1.29 is 14.3 Å². The molecule has 0 aliphatic carbocycles. The molecule has 2 aromatic heterocycles. The SMILES string of the molecule is O=C(CN1C(=O)COc2cc(Cl)ccc21)Nc1n[nH]c(-c2ccncc2)n1. The number of halogens is 1. The number of anilines is 2. The molecule has 3 heterocycles. The summed E-state index contributed by atoms with van der Waals surface area (Å²) in [5.74, 6) is 0.297. The van der Waals surface area contributed by atoms with E-state index in [-0.39, 0.29) is 25.0 Å². The van der Waals surface area contributed by atoms with E-state index in [1.54, 1.807) is 42.7 Å². The predicted octanol–water partition coefficient (Wildman–Crippen LogP) is 1.88. The molecule has 9 nitrogen and oxygen atoms in total. The maximum atomic E-state index is 12.4. The lowest BCUT2D eigenvalue weighted by Crippen LogP contribution is -2.43. The van der Waals surface area contributed by atoms with Crippen LogP contribution in [0.5, 0.6) is 5.75 Å². The Balaban J connectivity index is 1.47. The second-order valence-electron chi connectivity index (χ2n) is 5.67. The zero-order valence-electron chi connectivity index (χ0n) is 13.8. The van der Waals surface area contributed by atoms with Crippen molar-refractivity contribution in [2.75, 3.05) is 23.4 Å². The lowest BCUT2D eigenvalue weighted by molar-refractivity contribution is -0.123. The van der Waals surface area contributed by atoms with Crippen LogP contribution in [-0.4, -0.2) is 45.1 Å². The van der Waals surface area contributed by atoms with Gasteiger partial charge in [0.1, 0.15) is 12.3 Å². The Bertz CT molecular complexity index is 1010. The number of rotatable bonds is 4. The largest absolute Gasteiger partial charge is 0.482 e. The molecular formula is C17H13ClN6O3. The number of hydrogen-bond donors (Lipinski definition) is 2. The van der Waals surface area contributed by atoms with Crippen molar-refractivity contribution in [1.82, 2.24) is 20.2 Å². The van der Waals surface area contributed by atoms with Gasteiger partial charge in [-0.2, -0.15) is 4.98 Å². The summed E-state index contributed by atoms with van der Waals surface area (Å²) in [5, 5.41) is 9.77. The highest BCUT2D eigenvalue weighted by Crippen LogP contribution is 2.34. The van der Waals surface area contributed by atoms with Crippen LogP contribution in [0.2, 0.25) is 5.02 Å². The fourth-order valence-electron chi connectivity index (χ4n) is 2.62. The number of hydrogen-bond acceptors (Lipinski definition) is 6. The molecule has 10 heteroatoms. The molecule has 1 aliphatic heterocycles. The molecule has 27 heavy (non-hydrogen) atoms. The fraction of sp³-hybridized carbons (Fsp3) is 0.118. The standard InChI is InChI=1S/C17H13ClN6O3/c18-11-1-2-12-13(7-11)27-9-15(26)24(12)8-14(25)20-17-21-16(22-23-17)10-3-5-19-6-4-10/h1-7H,8-9H2,(H2,20,21,22,23,25). The van der Waals surface area contributed by atoms with Crippen LogP contribution < -0.4 is 15.0 Å². The first-order valence-corrected chi connectivity index (χ1v) is 8.33. The number of amides is 2. The quantitative estimate of drug-likeness (QED) is 0.710. The molecule has 0 fully saturated rings. The van der Waals surface area contributed by atoms with E-state index in [1.807, 2.05) is 0 Å². The van der Waals surface area contributed by atoms with E-state index in [0.29, 0.717) is 22.3 Å². The number of ether oxygens (including phenoxy) is 1. The molecule has 0 radical (unpaired) electrons. The number of aromatic nitrogens is 4. The van der Waals surface area contributed by atoms with Crippen molar-refractivity contribution in [3.05, 3.63) is 47.7 Å². The van der Waals surface area contributed by atoms with Crippen LogP contribution in [0.4, 0.5) is 11.6 Å². The first-order chi connectivity index (χ1) is 13.1. The van der Waals surface area contributed by atoms with Crippen LogP contribution in [0.1, 0.15) is 0 Å². The summed E-state index contributed by atoms with van der Waals surface area (Å²) in [5.41, 5.74) is 1.27. The van der Waals surface area contributed by atoms with Crippen molar-refractivity contribution in [3.63, 3.8) is 0 Å². The van der Waals surface area contributed by atoms with E-state index in [4.69, 9.17) is 16.3 Å². The Morgan fingerprint density at radius 1 is 1.30 bits per heavy atom. The van der Waals surface area contributed by atoms with Crippen LogP contribution in [-0.2, 0) is 9.59 Å². The summed E-state index contributed by atoms with van der Waals surface area (Å²) in [4.78, 5) is 34.0. The van der Waals surface area contributed by atoms with Crippen LogP contribution >= 0.6 is 11.6 Å². The van der Waals surface area contributed by atoms with Gasteiger partial charge in [-0.05, 0) is 24.3 Å². The van der Waals surface area contributed by atoms with Crippen LogP contribution in [0.25, 0.3) is 11.4 Å². The van der Waals surface area contributed by atoms with Gasteiger partial charge in [0.25, 0.3) is 5.91 Å². The number of nitrogens with one attached hydrogen (secondary N) is 2. The van der Waals surface area contributed by atoms with E-state index < -0.39 is 5.91 Å². The second-order valence-corrected chi connectivity index (χ2v) is 6.11. The minimum absolute atomic E-state index is 0.115. The molecule has 0 spiro atoms. The summed E-state index contributed by atoms with van der Waals surface area (Å²) >= 11 is 5.94. The Morgan fingerprint density at radius 2 is 2.11 bits per heavy atom. The second kappa shape index (κ2) is 7.04. The van der Waals surface area contributed by atoms with Gasteiger partial charge in [0.05, 0.1) is 5.69 Å². The number of nitrogens with zero attached hydrogens (tertiary/aromatic N) is 4. The smallest absolute Gasteiger partial charge is 0.265 e. The fourth-order valence-corrected chi connectivity index (χ4v) is 2.78. The van der Waals surface area contributed by atoms with Gasteiger partial charge in [0.15, 0.2) is 12.4 Å². The zero-order valence-corrected chi connectivity index (χ0v) is 14.6. The Labute approximate surface area is 158 Å². The van der Waals surface area contributed by atoms with E-state index in [2.05, 4.69) is 25.5 Å². The van der Waals surface area contributed by atoms with Crippen molar-refractivity contribution >= 4 is 35.1 Å². The number of fused-ring (bicyclic) bond motifs is 1. The number of benzene rings is 1. The number of pyridine rings is 1. The highest BCUT2D eigenvalue weighted by molar-refractivity contribution is 6.31. The highest BCUT2D eigenvalue weighted by Gasteiger charge is 2.27. The molecule has 1 aromatic carbocycles. The Morgan fingerprint density at radius 3 is 2.93 bits per heavy atom. The van der Waals surface area contributed by atoms with Crippen molar-refractivity contribution in [2.45, 2.75) is 0 Å². The van der Waals surface area contributed by atoms with Crippen molar-refractivity contribution in [3.8, 4) is 17.1 Å². The third-order valence-electron chi connectivity index (χ3n) is 3.86. The number of aromatic amines is 1. The lowest BCUT2D eigenvalue weighted by Gasteiger charge is -2.28. The molecule has 3 aromatic rings. The first kappa shape index (κ1) is 17.0. The third-order valence-corrected chi connectivity index (χ3v) is 4.09. The van der Waals surface area contributed by atoms with Crippen molar-refractivity contribution in [2.24, 2.45) is 0 Å².